The van der Waals surface area contributed by atoms with E-state index in [1.807, 2.05) is 36.4 Å². The molecule has 1 aliphatic rings. The third kappa shape index (κ3) is 5.14. The second kappa shape index (κ2) is 10.5. The van der Waals surface area contributed by atoms with Crippen molar-refractivity contribution < 1.29 is 19.2 Å². The summed E-state index contributed by atoms with van der Waals surface area (Å²) in [6, 6.07) is 17.8. The number of anilines is 1. The van der Waals surface area contributed by atoms with Gasteiger partial charge in [0, 0.05) is 35.8 Å². The average Bonchev–Trinajstić information content (AvgIpc) is 3.66. The maximum absolute atomic E-state index is 13.1. The quantitative estimate of drug-likeness (QED) is 0.340. The molecule has 0 bridgehead atoms. The van der Waals surface area contributed by atoms with Crippen molar-refractivity contribution in [2.24, 2.45) is 0 Å². The van der Waals surface area contributed by atoms with Gasteiger partial charge in [0.1, 0.15) is 5.75 Å². The standard InChI is InChI=1S/C27H27N5O4/c33-24-16-20(30-26(34)25-13-15-29-36-25)10-11-21(24)22-17-23(19-8-4-5-9-19)32(31-22)27(35)28-14-12-18-6-2-1-3-7-18/h1-3,6-7,10-11,13,15-17,19,33H,4-5,8-9,12,14H2,(H,28,35)(H,30,34). The van der Waals surface area contributed by atoms with Crippen LogP contribution in [0.3, 0.4) is 0 Å². The van der Waals surface area contributed by atoms with Crippen molar-refractivity contribution in [1.82, 2.24) is 20.3 Å². The summed E-state index contributed by atoms with van der Waals surface area (Å²) in [6.07, 6.45) is 6.34. The lowest BCUT2D eigenvalue weighted by Crippen LogP contribution is -2.32. The third-order valence-electron chi connectivity index (χ3n) is 6.43. The Hall–Kier alpha value is -4.40. The van der Waals surface area contributed by atoms with Crippen LogP contribution in [0.2, 0.25) is 0 Å². The first-order valence-corrected chi connectivity index (χ1v) is 12.1. The lowest BCUT2D eigenvalue weighted by atomic mass is 10.0. The Bertz CT molecular complexity index is 1340. The van der Waals surface area contributed by atoms with Crippen LogP contribution < -0.4 is 10.6 Å². The van der Waals surface area contributed by atoms with Gasteiger partial charge >= 0.3 is 6.03 Å². The Morgan fingerprint density at radius 3 is 2.58 bits per heavy atom. The van der Waals surface area contributed by atoms with E-state index in [9.17, 15) is 14.7 Å². The van der Waals surface area contributed by atoms with Crippen molar-refractivity contribution in [3.8, 4) is 17.0 Å². The van der Waals surface area contributed by atoms with Gasteiger partial charge in [0.25, 0.3) is 5.91 Å². The largest absolute Gasteiger partial charge is 0.507 e. The molecule has 184 valence electrons. The van der Waals surface area contributed by atoms with Crippen molar-refractivity contribution in [1.29, 1.82) is 0 Å². The summed E-state index contributed by atoms with van der Waals surface area (Å²) < 4.78 is 6.30. The molecular weight excluding hydrogens is 458 g/mol. The van der Waals surface area contributed by atoms with E-state index in [-0.39, 0.29) is 23.5 Å². The Morgan fingerprint density at radius 1 is 1.06 bits per heavy atom. The predicted octanol–water partition coefficient (Wildman–Crippen LogP) is 4.95. The Balaban J connectivity index is 1.35. The minimum atomic E-state index is -0.473. The minimum absolute atomic E-state index is 0.0579. The molecule has 3 N–H and O–H groups in total. The highest BCUT2D eigenvalue weighted by atomic mass is 16.5. The molecule has 4 aromatic rings. The number of hydrogen-bond acceptors (Lipinski definition) is 6. The number of aromatic hydroxyl groups is 1. The first-order valence-electron chi connectivity index (χ1n) is 12.1. The van der Waals surface area contributed by atoms with Crippen LogP contribution in [0, 0.1) is 0 Å². The Morgan fingerprint density at radius 2 is 1.86 bits per heavy atom. The fraction of sp³-hybridized carbons (Fsp3) is 0.259. The van der Waals surface area contributed by atoms with Crippen LogP contribution in [-0.2, 0) is 6.42 Å². The maximum atomic E-state index is 13.1. The topological polar surface area (TPSA) is 122 Å². The van der Waals surface area contributed by atoms with Crippen molar-refractivity contribution >= 4 is 17.6 Å². The molecule has 36 heavy (non-hydrogen) atoms. The molecule has 0 atom stereocenters. The molecule has 0 unspecified atom stereocenters. The van der Waals surface area contributed by atoms with Gasteiger partial charge in [-0.15, -0.1) is 0 Å². The van der Waals surface area contributed by atoms with Gasteiger partial charge in [-0.05, 0) is 43.0 Å². The first kappa shape index (κ1) is 23.3. The van der Waals surface area contributed by atoms with Crippen LogP contribution in [0.4, 0.5) is 10.5 Å². The summed E-state index contributed by atoms with van der Waals surface area (Å²) in [6.45, 7) is 0.493. The van der Waals surface area contributed by atoms with E-state index in [0.717, 1.165) is 43.4 Å². The van der Waals surface area contributed by atoms with Crippen LogP contribution >= 0.6 is 0 Å². The van der Waals surface area contributed by atoms with Crippen molar-refractivity contribution in [3.63, 3.8) is 0 Å². The summed E-state index contributed by atoms with van der Waals surface area (Å²) in [4.78, 5) is 25.3. The zero-order valence-electron chi connectivity index (χ0n) is 19.7. The van der Waals surface area contributed by atoms with Gasteiger partial charge in [0.05, 0.1) is 17.6 Å². The number of carbonyl (C=O) groups is 2. The van der Waals surface area contributed by atoms with E-state index >= 15 is 0 Å². The first-order chi connectivity index (χ1) is 17.6. The third-order valence-corrected chi connectivity index (χ3v) is 6.43. The lowest BCUT2D eigenvalue weighted by molar-refractivity contribution is 0.0988. The predicted molar refractivity (Wildman–Crippen MR) is 134 cm³/mol. The van der Waals surface area contributed by atoms with Crippen LogP contribution in [0.15, 0.2) is 71.4 Å². The Kier molecular flexibility index (Phi) is 6.79. The monoisotopic (exact) mass is 485 g/mol. The van der Waals surface area contributed by atoms with Gasteiger partial charge < -0.3 is 20.3 Å². The second-order valence-electron chi connectivity index (χ2n) is 8.88. The molecule has 2 amide bonds. The van der Waals surface area contributed by atoms with E-state index in [0.29, 0.717) is 23.5 Å². The van der Waals surface area contributed by atoms with Crippen molar-refractivity contribution in [2.75, 3.05) is 11.9 Å². The van der Waals surface area contributed by atoms with Crippen LogP contribution in [-0.4, -0.2) is 38.5 Å². The second-order valence-corrected chi connectivity index (χ2v) is 8.88. The lowest BCUT2D eigenvalue weighted by Gasteiger charge is -2.12. The van der Waals surface area contributed by atoms with E-state index in [2.05, 4.69) is 20.9 Å². The van der Waals surface area contributed by atoms with E-state index in [4.69, 9.17) is 4.52 Å². The number of carbonyl (C=O) groups excluding carboxylic acids is 2. The van der Waals surface area contributed by atoms with E-state index in [1.165, 1.54) is 23.0 Å². The highest BCUT2D eigenvalue weighted by Gasteiger charge is 2.26. The maximum Gasteiger partial charge on any atom is 0.342 e. The number of hydrogen-bond donors (Lipinski definition) is 3. The van der Waals surface area contributed by atoms with Crippen LogP contribution in [0.1, 0.15) is 53.4 Å². The fourth-order valence-corrected chi connectivity index (χ4v) is 4.59. The van der Waals surface area contributed by atoms with E-state index in [1.54, 1.807) is 12.1 Å². The summed E-state index contributed by atoms with van der Waals surface area (Å²) in [7, 11) is 0. The molecular formula is C27H27N5O4. The number of phenols is 1. The molecule has 1 aliphatic carbocycles. The highest BCUT2D eigenvalue weighted by molar-refractivity contribution is 6.02. The molecule has 2 aromatic heterocycles. The number of rotatable bonds is 7. The molecule has 2 aromatic carbocycles. The minimum Gasteiger partial charge on any atom is -0.507 e. The number of aromatic nitrogens is 3. The number of nitrogens with zero attached hydrogens (tertiary/aromatic N) is 3. The van der Waals surface area contributed by atoms with E-state index < -0.39 is 5.91 Å². The molecule has 5 rings (SSSR count). The normalized spacial score (nSPS) is 13.6. The highest BCUT2D eigenvalue weighted by Crippen LogP contribution is 2.38. The summed E-state index contributed by atoms with van der Waals surface area (Å²) in [5, 5.41) is 24.4. The average molecular weight is 486 g/mol. The molecule has 9 nitrogen and oxygen atoms in total. The number of benzene rings is 2. The molecule has 9 heteroatoms. The Labute approximate surface area is 208 Å². The van der Waals surface area contributed by atoms with Crippen molar-refractivity contribution in [3.05, 3.63) is 83.9 Å². The molecule has 0 radical (unpaired) electrons. The smallest absolute Gasteiger partial charge is 0.342 e. The molecule has 1 saturated carbocycles. The van der Waals surface area contributed by atoms with Crippen LogP contribution in [0.5, 0.6) is 5.75 Å². The zero-order chi connectivity index (χ0) is 24.9. The molecule has 0 aliphatic heterocycles. The van der Waals surface area contributed by atoms with Crippen LogP contribution in [0.25, 0.3) is 11.3 Å². The summed E-state index contributed by atoms with van der Waals surface area (Å²) >= 11 is 0. The van der Waals surface area contributed by atoms with Gasteiger partial charge in [-0.1, -0.05) is 48.3 Å². The van der Waals surface area contributed by atoms with Gasteiger partial charge in [0.15, 0.2) is 0 Å². The molecule has 1 fully saturated rings. The number of amides is 2. The zero-order valence-corrected chi connectivity index (χ0v) is 19.7. The summed E-state index contributed by atoms with van der Waals surface area (Å²) in [5.41, 5.74) is 3.37. The van der Waals surface area contributed by atoms with Gasteiger partial charge in [-0.2, -0.15) is 9.78 Å². The van der Waals surface area contributed by atoms with Crippen molar-refractivity contribution in [2.45, 2.75) is 38.0 Å². The number of phenolic OH excluding ortho intramolecular Hbond substituents is 1. The summed E-state index contributed by atoms with van der Waals surface area (Å²) in [5.74, 6) is -0.220. The number of nitrogens with one attached hydrogen (secondary N) is 2. The van der Waals surface area contributed by atoms with Gasteiger partial charge in [0.2, 0.25) is 5.76 Å². The fourth-order valence-electron chi connectivity index (χ4n) is 4.59. The van der Waals surface area contributed by atoms with Gasteiger partial charge in [-0.25, -0.2) is 4.79 Å². The SMILES string of the molecule is O=C(Nc1ccc(-c2cc(C3CCCC3)n(C(=O)NCCc3ccccc3)n2)c(O)c1)c1ccno1. The van der Waals surface area contributed by atoms with Gasteiger partial charge in [-0.3, -0.25) is 4.79 Å². The molecule has 2 heterocycles. The molecule has 0 spiro atoms. The molecule has 0 saturated heterocycles.